The van der Waals surface area contributed by atoms with Crippen LogP contribution >= 0.6 is 15.9 Å². The van der Waals surface area contributed by atoms with Crippen LogP contribution in [0.25, 0.3) is 0 Å². The second kappa shape index (κ2) is 6.99. The van der Waals surface area contributed by atoms with Crippen molar-refractivity contribution in [3.05, 3.63) is 34.3 Å². The Labute approximate surface area is 99.8 Å². The molecule has 0 fully saturated rings. The lowest BCUT2D eigenvalue weighted by atomic mass is 10.1. The summed E-state index contributed by atoms with van der Waals surface area (Å²) < 4.78 is 1.11. The van der Waals surface area contributed by atoms with Crippen LogP contribution in [0.3, 0.4) is 0 Å². The highest BCUT2D eigenvalue weighted by molar-refractivity contribution is 9.10. The van der Waals surface area contributed by atoms with Crippen molar-refractivity contribution in [1.82, 2.24) is 5.32 Å². The highest BCUT2D eigenvalue weighted by Crippen LogP contribution is 2.10. The number of hydrogen-bond acceptors (Lipinski definition) is 2. The quantitative estimate of drug-likeness (QED) is 0.834. The third-order valence-electron chi connectivity index (χ3n) is 2.36. The van der Waals surface area contributed by atoms with Gasteiger partial charge in [0.25, 0.3) is 0 Å². The highest BCUT2D eigenvalue weighted by atomic mass is 79.9. The van der Waals surface area contributed by atoms with Crippen LogP contribution in [-0.4, -0.2) is 17.8 Å². The average Bonchev–Trinajstić information content (AvgIpc) is 2.25. The predicted octanol–water partition coefficient (Wildman–Crippen LogP) is 2.70. The number of aliphatic hydroxyl groups is 1. The van der Waals surface area contributed by atoms with Crippen molar-refractivity contribution >= 4 is 15.9 Å². The fraction of sp³-hybridized carbons (Fsp3) is 0.500. The molecule has 2 nitrogen and oxygen atoms in total. The van der Waals surface area contributed by atoms with E-state index in [1.807, 2.05) is 0 Å². The summed E-state index contributed by atoms with van der Waals surface area (Å²) in [5.74, 6) is 0. The van der Waals surface area contributed by atoms with E-state index in [-0.39, 0.29) is 6.61 Å². The van der Waals surface area contributed by atoms with E-state index >= 15 is 0 Å². The minimum Gasteiger partial charge on any atom is -0.396 e. The molecule has 84 valence electrons. The molecule has 1 aromatic carbocycles. The smallest absolute Gasteiger partial charge is 0.0431 e. The number of aliphatic hydroxyl groups excluding tert-OH is 1. The van der Waals surface area contributed by atoms with E-state index < -0.39 is 0 Å². The molecule has 0 radical (unpaired) electrons. The monoisotopic (exact) mass is 271 g/mol. The summed E-state index contributed by atoms with van der Waals surface area (Å²) in [7, 11) is 0. The second-order valence-electron chi connectivity index (χ2n) is 3.77. The fourth-order valence-corrected chi connectivity index (χ4v) is 1.66. The van der Waals surface area contributed by atoms with Crippen LogP contribution in [0, 0.1) is 0 Å². The van der Waals surface area contributed by atoms with Crippen molar-refractivity contribution in [2.75, 3.05) is 6.61 Å². The molecule has 0 heterocycles. The molecule has 0 aromatic heterocycles. The molecular formula is C12H18BrNO. The van der Waals surface area contributed by atoms with Gasteiger partial charge in [-0.15, -0.1) is 0 Å². The van der Waals surface area contributed by atoms with E-state index in [0.717, 1.165) is 23.9 Å². The highest BCUT2D eigenvalue weighted by Gasteiger charge is 2.00. The first kappa shape index (κ1) is 12.7. The molecule has 0 spiro atoms. The molecule has 0 amide bonds. The molecule has 0 aliphatic rings. The van der Waals surface area contributed by atoms with Crippen LogP contribution < -0.4 is 5.32 Å². The molecule has 1 atom stereocenters. The Morgan fingerprint density at radius 1 is 1.33 bits per heavy atom. The molecule has 0 aliphatic carbocycles. The molecule has 15 heavy (non-hydrogen) atoms. The van der Waals surface area contributed by atoms with Gasteiger partial charge in [0.05, 0.1) is 0 Å². The van der Waals surface area contributed by atoms with E-state index in [1.54, 1.807) is 0 Å². The molecule has 1 rings (SSSR count). The zero-order chi connectivity index (χ0) is 11.1. The number of hydrogen-bond donors (Lipinski definition) is 2. The fourth-order valence-electron chi connectivity index (χ4n) is 1.39. The SMILES string of the molecule is C[C@H](CCCO)NCc1ccc(Br)cc1. The Morgan fingerprint density at radius 2 is 2.00 bits per heavy atom. The van der Waals surface area contributed by atoms with Crippen molar-refractivity contribution in [1.29, 1.82) is 0 Å². The van der Waals surface area contributed by atoms with Crippen molar-refractivity contribution < 1.29 is 5.11 Å². The minimum atomic E-state index is 0.282. The largest absolute Gasteiger partial charge is 0.396 e. The first-order valence-corrected chi connectivity index (χ1v) is 6.10. The van der Waals surface area contributed by atoms with Crippen molar-refractivity contribution in [3.63, 3.8) is 0 Å². The van der Waals surface area contributed by atoms with Crippen LogP contribution in [0.15, 0.2) is 28.7 Å². The van der Waals surface area contributed by atoms with E-state index in [0.29, 0.717) is 6.04 Å². The molecule has 0 unspecified atom stereocenters. The normalized spacial score (nSPS) is 12.7. The summed E-state index contributed by atoms with van der Waals surface area (Å²) in [6.07, 6.45) is 1.89. The van der Waals surface area contributed by atoms with Crippen LogP contribution in [0.5, 0.6) is 0 Å². The maximum Gasteiger partial charge on any atom is 0.0431 e. The molecule has 0 saturated heterocycles. The van der Waals surface area contributed by atoms with E-state index in [1.165, 1.54) is 5.56 Å². The van der Waals surface area contributed by atoms with Gasteiger partial charge < -0.3 is 10.4 Å². The van der Waals surface area contributed by atoms with Gasteiger partial charge in [-0.1, -0.05) is 28.1 Å². The maximum absolute atomic E-state index is 8.70. The molecule has 3 heteroatoms. The Hall–Kier alpha value is -0.380. The standard InChI is InChI=1S/C12H18BrNO/c1-10(3-2-8-15)14-9-11-4-6-12(13)7-5-11/h4-7,10,14-15H,2-3,8-9H2,1H3/t10-/m1/s1. The van der Waals surface area contributed by atoms with Crippen LogP contribution in [0.4, 0.5) is 0 Å². The molecule has 1 aromatic rings. The van der Waals surface area contributed by atoms with Crippen LogP contribution in [0.1, 0.15) is 25.3 Å². The third-order valence-corrected chi connectivity index (χ3v) is 2.89. The first-order chi connectivity index (χ1) is 7.22. The van der Waals surface area contributed by atoms with Gasteiger partial charge in [0.2, 0.25) is 0 Å². The number of halogens is 1. The van der Waals surface area contributed by atoms with E-state index in [4.69, 9.17) is 5.11 Å². The summed E-state index contributed by atoms with van der Waals surface area (Å²) in [6.45, 7) is 3.32. The van der Waals surface area contributed by atoms with Gasteiger partial charge in [-0.25, -0.2) is 0 Å². The molecule has 0 saturated carbocycles. The van der Waals surface area contributed by atoms with Gasteiger partial charge in [-0.05, 0) is 37.5 Å². The van der Waals surface area contributed by atoms with Gasteiger partial charge in [0, 0.05) is 23.7 Å². The molecular weight excluding hydrogens is 254 g/mol. The van der Waals surface area contributed by atoms with Crippen molar-refractivity contribution in [3.8, 4) is 0 Å². The topological polar surface area (TPSA) is 32.3 Å². The zero-order valence-electron chi connectivity index (χ0n) is 9.04. The maximum atomic E-state index is 8.70. The van der Waals surface area contributed by atoms with Gasteiger partial charge in [-0.3, -0.25) is 0 Å². The molecule has 0 aliphatic heterocycles. The lowest BCUT2D eigenvalue weighted by molar-refractivity contribution is 0.276. The van der Waals surface area contributed by atoms with Crippen molar-refractivity contribution in [2.45, 2.75) is 32.4 Å². The van der Waals surface area contributed by atoms with Crippen LogP contribution in [0.2, 0.25) is 0 Å². The van der Waals surface area contributed by atoms with E-state index in [9.17, 15) is 0 Å². The number of nitrogens with one attached hydrogen (secondary N) is 1. The Morgan fingerprint density at radius 3 is 2.60 bits per heavy atom. The predicted molar refractivity (Wildman–Crippen MR) is 66.8 cm³/mol. The minimum absolute atomic E-state index is 0.282. The number of benzene rings is 1. The van der Waals surface area contributed by atoms with Gasteiger partial charge in [0.15, 0.2) is 0 Å². The van der Waals surface area contributed by atoms with E-state index in [2.05, 4.69) is 52.4 Å². The summed E-state index contributed by atoms with van der Waals surface area (Å²) in [4.78, 5) is 0. The van der Waals surface area contributed by atoms with Crippen molar-refractivity contribution in [2.24, 2.45) is 0 Å². The summed E-state index contributed by atoms with van der Waals surface area (Å²) >= 11 is 3.41. The average molecular weight is 272 g/mol. The summed E-state index contributed by atoms with van der Waals surface area (Å²) in [5, 5.41) is 12.1. The summed E-state index contributed by atoms with van der Waals surface area (Å²) in [5.41, 5.74) is 1.29. The Bertz CT molecular complexity index is 273. The first-order valence-electron chi connectivity index (χ1n) is 5.31. The summed E-state index contributed by atoms with van der Waals surface area (Å²) in [6, 6.07) is 8.78. The van der Waals surface area contributed by atoms with Gasteiger partial charge in [-0.2, -0.15) is 0 Å². The molecule has 0 bridgehead atoms. The lowest BCUT2D eigenvalue weighted by Crippen LogP contribution is -2.25. The van der Waals surface area contributed by atoms with Crippen LogP contribution in [-0.2, 0) is 6.54 Å². The Kier molecular flexibility index (Phi) is 5.91. The van der Waals surface area contributed by atoms with Gasteiger partial charge in [0.1, 0.15) is 0 Å². The second-order valence-corrected chi connectivity index (χ2v) is 4.69. The van der Waals surface area contributed by atoms with Gasteiger partial charge >= 0.3 is 0 Å². The number of rotatable bonds is 6. The lowest BCUT2D eigenvalue weighted by Gasteiger charge is -2.12. The Balaban J connectivity index is 2.27. The zero-order valence-corrected chi connectivity index (χ0v) is 10.6. The third kappa shape index (κ3) is 5.30. The molecule has 2 N–H and O–H groups in total.